The molecule has 0 aliphatic heterocycles. The maximum Gasteiger partial charge on any atom is 0.255 e. The average molecular weight is 275 g/mol. The summed E-state index contributed by atoms with van der Waals surface area (Å²) in [5.41, 5.74) is 9.35. The molecular weight excluding hydrogens is 260 g/mol. The van der Waals surface area contributed by atoms with Crippen LogP contribution in [0, 0.1) is 13.8 Å². The molecule has 0 fully saturated rings. The first-order valence-electron chi connectivity index (χ1n) is 5.91. The Hall–Kier alpha value is -2.00. The summed E-state index contributed by atoms with van der Waals surface area (Å²) in [4.78, 5) is 12.2. The van der Waals surface area contributed by atoms with Crippen LogP contribution in [-0.2, 0) is 0 Å². The van der Waals surface area contributed by atoms with Crippen molar-refractivity contribution in [2.24, 2.45) is 0 Å². The number of anilines is 2. The molecule has 0 spiro atoms. The van der Waals surface area contributed by atoms with Gasteiger partial charge < -0.3 is 11.1 Å². The predicted molar refractivity (Wildman–Crippen MR) is 79.7 cm³/mol. The van der Waals surface area contributed by atoms with Gasteiger partial charge in [0.15, 0.2) is 0 Å². The van der Waals surface area contributed by atoms with Crippen molar-refractivity contribution < 1.29 is 4.79 Å². The highest BCUT2D eigenvalue weighted by Crippen LogP contribution is 2.29. The molecule has 0 radical (unpaired) electrons. The minimum atomic E-state index is -0.182. The maximum atomic E-state index is 12.2. The van der Waals surface area contributed by atoms with Crippen molar-refractivity contribution in [3.05, 3.63) is 58.1 Å². The van der Waals surface area contributed by atoms with E-state index in [0.717, 1.165) is 11.1 Å². The fourth-order valence-corrected chi connectivity index (χ4v) is 2.22. The van der Waals surface area contributed by atoms with Gasteiger partial charge in [-0.05, 0) is 43.7 Å². The van der Waals surface area contributed by atoms with E-state index in [1.807, 2.05) is 32.0 Å². The molecule has 0 unspecified atom stereocenters. The van der Waals surface area contributed by atoms with Crippen LogP contribution in [0.25, 0.3) is 0 Å². The van der Waals surface area contributed by atoms with Gasteiger partial charge in [-0.15, -0.1) is 0 Å². The summed E-state index contributed by atoms with van der Waals surface area (Å²) in [7, 11) is 0. The second kappa shape index (κ2) is 5.33. The largest absolute Gasteiger partial charge is 0.399 e. The van der Waals surface area contributed by atoms with Crippen LogP contribution in [0.1, 0.15) is 21.5 Å². The molecule has 0 saturated heterocycles. The Morgan fingerprint density at radius 3 is 2.58 bits per heavy atom. The summed E-state index contributed by atoms with van der Waals surface area (Å²) in [6, 6.07) is 10.8. The number of halogens is 1. The zero-order valence-corrected chi connectivity index (χ0v) is 11.6. The summed E-state index contributed by atoms with van der Waals surface area (Å²) >= 11 is 6.10. The van der Waals surface area contributed by atoms with E-state index in [-0.39, 0.29) is 5.91 Å². The lowest BCUT2D eigenvalue weighted by atomic mass is 10.1. The number of hydrogen-bond donors (Lipinski definition) is 2. The van der Waals surface area contributed by atoms with Crippen LogP contribution in [0.15, 0.2) is 36.4 Å². The molecule has 3 nitrogen and oxygen atoms in total. The van der Waals surface area contributed by atoms with Crippen molar-refractivity contribution in [1.29, 1.82) is 0 Å². The van der Waals surface area contributed by atoms with Gasteiger partial charge in [0.2, 0.25) is 0 Å². The van der Waals surface area contributed by atoms with Crippen LogP contribution in [0.5, 0.6) is 0 Å². The van der Waals surface area contributed by atoms with Gasteiger partial charge >= 0.3 is 0 Å². The molecule has 19 heavy (non-hydrogen) atoms. The SMILES string of the molecule is Cc1cccc(C(=O)Nc2c(C)cc(N)cc2Cl)c1. The van der Waals surface area contributed by atoms with Crippen LogP contribution in [0.2, 0.25) is 5.02 Å². The van der Waals surface area contributed by atoms with Gasteiger partial charge in [0.25, 0.3) is 5.91 Å². The highest BCUT2D eigenvalue weighted by Gasteiger charge is 2.11. The van der Waals surface area contributed by atoms with Crippen LogP contribution >= 0.6 is 11.6 Å². The first-order chi connectivity index (χ1) is 8.97. The Balaban J connectivity index is 2.29. The third-order valence-corrected chi connectivity index (χ3v) is 3.13. The monoisotopic (exact) mass is 274 g/mol. The quantitative estimate of drug-likeness (QED) is 0.819. The highest BCUT2D eigenvalue weighted by molar-refractivity contribution is 6.34. The van der Waals surface area contributed by atoms with Crippen molar-refractivity contribution in [3.63, 3.8) is 0 Å². The van der Waals surface area contributed by atoms with E-state index >= 15 is 0 Å². The lowest BCUT2D eigenvalue weighted by Crippen LogP contribution is -2.13. The van der Waals surface area contributed by atoms with Gasteiger partial charge in [-0.2, -0.15) is 0 Å². The van der Waals surface area contributed by atoms with Gasteiger partial charge in [0, 0.05) is 11.3 Å². The number of aryl methyl sites for hydroxylation is 2. The maximum absolute atomic E-state index is 12.2. The number of nitrogens with two attached hydrogens (primary N) is 1. The molecule has 0 bridgehead atoms. The number of nitrogens with one attached hydrogen (secondary N) is 1. The fourth-order valence-electron chi connectivity index (χ4n) is 1.90. The number of carbonyl (C=O) groups is 1. The molecule has 0 saturated carbocycles. The molecule has 98 valence electrons. The second-order valence-corrected chi connectivity index (χ2v) is 4.93. The molecule has 0 aliphatic rings. The molecule has 4 heteroatoms. The molecule has 0 heterocycles. The molecule has 3 N–H and O–H groups in total. The molecule has 2 aromatic carbocycles. The van der Waals surface area contributed by atoms with Gasteiger partial charge in [0.05, 0.1) is 10.7 Å². The van der Waals surface area contributed by atoms with E-state index < -0.39 is 0 Å². The van der Waals surface area contributed by atoms with Gasteiger partial charge in [0.1, 0.15) is 0 Å². The van der Waals surface area contributed by atoms with E-state index in [1.165, 1.54) is 0 Å². The number of nitrogen functional groups attached to an aromatic ring is 1. The molecule has 0 atom stereocenters. The smallest absolute Gasteiger partial charge is 0.255 e. The molecule has 1 amide bonds. The van der Waals surface area contributed by atoms with Crippen molar-refractivity contribution in [2.45, 2.75) is 13.8 Å². The Labute approximate surface area is 117 Å². The van der Waals surface area contributed by atoms with Crippen LogP contribution in [-0.4, -0.2) is 5.91 Å². The third kappa shape index (κ3) is 3.06. The van der Waals surface area contributed by atoms with Gasteiger partial charge in [-0.1, -0.05) is 29.3 Å². The zero-order chi connectivity index (χ0) is 14.0. The number of benzene rings is 2. The zero-order valence-electron chi connectivity index (χ0n) is 10.8. The minimum absolute atomic E-state index is 0.182. The molecule has 0 aliphatic carbocycles. The standard InChI is InChI=1S/C15H15ClN2O/c1-9-4-3-5-11(6-9)15(19)18-14-10(2)7-12(17)8-13(14)16/h3-8H,17H2,1-2H3,(H,18,19). The lowest BCUT2D eigenvalue weighted by Gasteiger charge is -2.11. The highest BCUT2D eigenvalue weighted by atomic mass is 35.5. The Morgan fingerprint density at radius 2 is 1.95 bits per heavy atom. The summed E-state index contributed by atoms with van der Waals surface area (Å²) in [5.74, 6) is -0.182. The minimum Gasteiger partial charge on any atom is -0.399 e. The van der Waals surface area contributed by atoms with Crippen LogP contribution < -0.4 is 11.1 Å². The first kappa shape index (κ1) is 13.4. The molecule has 2 rings (SSSR count). The van der Waals surface area contributed by atoms with Crippen molar-refractivity contribution in [1.82, 2.24) is 0 Å². The topological polar surface area (TPSA) is 55.1 Å². The van der Waals surface area contributed by atoms with Crippen molar-refractivity contribution in [2.75, 3.05) is 11.1 Å². The summed E-state index contributed by atoms with van der Waals surface area (Å²) in [6.07, 6.45) is 0. The average Bonchev–Trinajstić information content (AvgIpc) is 2.33. The summed E-state index contributed by atoms with van der Waals surface area (Å²) < 4.78 is 0. The van der Waals surface area contributed by atoms with E-state index in [1.54, 1.807) is 18.2 Å². The number of hydrogen-bond acceptors (Lipinski definition) is 2. The number of rotatable bonds is 2. The third-order valence-electron chi connectivity index (χ3n) is 2.83. The number of amides is 1. The molecule has 0 aromatic heterocycles. The number of carbonyl (C=O) groups excluding carboxylic acids is 1. The van der Waals surface area contributed by atoms with Crippen molar-refractivity contribution >= 4 is 28.9 Å². The first-order valence-corrected chi connectivity index (χ1v) is 6.29. The van der Waals surface area contributed by atoms with E-state index in [2.05, 4.69) is 5.32 Å². The van der Waals surface area contributed by atoms with Gasteiger partial charge in [-0.25, -0.2) is 0 Å². The van der Waals surface area contributed by atoms with Crippen molar-refractivity contribution in [3.8, 4) is 0 Å². The lowest BCUT2D eigenvalue weighted by molar-refractivity contribution is 0.102. The molecular formula is C15H15ClN2O. The summed E-state index contributed by atoms with van der Waals surface area (Å²) in [6.45, 7) is 3.80. The summed E-state index contributed by atoms with van der Waals surface area (Å²) in [5, 5.41) is 3.27. The van der Waals surface area contributed by atoms with Crippen LogP contribution in [0.3, 0.4) is 0 Å². The van der Waals surface area contributed by atoms with Crippen LogP contribution in [0.4, 0.5) is 11.4 Å². The fraction of sp³-hybridized carbons (Fsp3) is 0.133. The van der Waals surface area contributed by atoms with E-state index in [0.29, 0.717) is 22.0 Å². The Morgan fingerprint density at radius 1 is 1.21 bits per heavy atom. The second-order valence-electron chi connectivity index (χ2n) is 4.52. The Bertz CT molecular complexity index is 615. The molecule has 2 aromatic rings. The van der Waals surface area contributed by atoms with Gasteiger partial charge in [-0.3, -0.25) is 4.79 Å². The van der Waals surface area contributed by atoms with E-state index in [4.69, 9.17) is 17.3 Å². The van der Waals surface area contributed by atoms with E-state index in [9.17, 15) is 4.79 Å². The normalized spacial score (nSPS) is 10.3. The Kier molecular flexibility index (Phi) is 3.76. The predicted octanol–water partition coefficient (Wildman–Crippen LogP) is 3.79.